The van der Waals surface area contributed by atoms with Crippen molar-refractivity contribution in [1.29, 1.82) is 0 Å². The van der Waals surface area contributed by atoms with Gasteiger partial charge in [-0.1, -0.05) is 5.21 Å². The average Bonchev–Trinajstić information content (AvgIpc) is 2.51. The van der Waals surface area contributed by atoms with Gasteiger partial charge in [0, 0.05) is 7.05 Å². The van der Waals surface area contributed by atoms with Crippen molar-refractivity contribution in [2.24, 2.45) is 7.05 Å². The van der Waals surface area contributed by atoms with E-state index >= 15 is 0 Å². The van der Waals surface area contributed by atoms with Crippen molar-refractivity contribution in [3.8, 4) is 0 Å². The number of rotatable bonds is 3. The van der Waals surface area contributed by atoms with Crippen LogP contribution in [0.4, 0.5) is 0 Å². The van der Waals surface area contributed by atoms with Crippen molar-refractivity contribution in [1.82, 2.24) is 15.0 Å². The Kier molecular flexibility index (Phi) is 2.97. The van der Waals surface area contributed by atoms with Crippen LogP contribution in [0.3, 0.4) is 0 Å². The Bertz CT molecular complexity index is 297. The fraction of sp³-hybridized carbons (Fsp3) is 0.571. The van der Waals surface area contributed by atoms with E-state index in [4.69, 9.17) is 0 Å². The fourth-order valence-corrected chi connectivity index (χ4v) is 0.945. The summed E-state index contributed by atoms with van der Waals surface area (Å²) in [6.07, 6.45) is 0.415. The van der Waals surface area contributed by atoms with Crippen molar-refractivity contribution < 1.29 is 14.6 Å². The monoisotopic (exact) mass is 185 g/mol. The van der Waals surface area contributed by atoms with Crippen LogP contribution in [0.15, 0.2) is 6.20 Å². The van der Waals surface area contributed by atoms with Crippen molar-refractivity contribution in [3.63, 3.8) is 0 Å². The van der Waals surface area contributed by atoms with E-state index in [1.807, 2.05) is 0 Å². The third-order valence-corrected chi connectivity index (χ3v) is 1.68. The maximum Gasteiger partial charge on any atom is 0.308 e. The van der Waals surface area contributed by atoms with Crippen molar-refractivity contribution in [3.05, 3.63) is 11.9 Å². The molecular formula is C7H11N3O3. The summed E-state index contributed by atoms with van der Waals surface area (Å²) < 4.78 is 5.82. The summed E-state index contributed by atoms with van der Waals surface area (Å²) in [4.78, 5) is 10.8. The topological polar surface area (TPSA) is 77.2 Å². The van der Waals surface area contributed by atoms with Crippen molar-refractivity contribution in [2.45, 2.75) is 12.5 Å². The number of aliphatic hydroxyl groups is 1. The lowest BCUT2D eigenvalue weighted by Gasteiger charge is -2.07. The van der Waals surface area contributed by atoms with Crippen LogP contribution in [-0.2, 0) is 16.6 Å². The predicted molar refractivity (Wildman–Crippen MR) is 42.6 cm³/mol. The maximum atomic E-state index is 10.8. The number of hydrogen-bond acceptors (Lipinski definition) is 5. The molecule has 0 aliphatic carbocycles. The smallest absolute Gasteiger partial charge is 0.308 e. The van der Waals surface area contributed by atoms with Gasteiger partial charge in [-0.15, -0.1) is 5.10 Å². The van der Waals surface area contributed by atoms with E-state index in [2.05, 4.69) is 15.0 Å². The first-order valence-corrected chi connectivity index (χ1v) is 3.74. The molecule has 1 aromatic rings. The van der Waals surface area contributed by atoms with Crippen LogP contribution in [0.1, 0.15) is 18.2 Å². The molecular weight excluding hydrogens is 174 g/mol. The van der Waals surface area contributed by atoms with Crippen LogP contribution in [0, 0.1) is 0 Å². The second-order valence-electron chi connectivity index (χ2n) is 2.58. The molecule has 1 aromatic heterocycles. The molecule has 0 aliphatic rings. The van der Waals surface area contributed by atoms with Crippen LogP contribution in [0.2, 0.25) is 0 Å². The SMILES string of the molecule is COC(=O)C[C@@H](O)c1cnnn1C. The molecule has 0 fully saturated rings. The predicted octanol–water partition coefficient (Wildman–Crippen LogP) is -0.588. The molecule has 1 rings (SSSR count). The van der Waals surface area contributed by atoms with Gasteiger partial charge in [-0.3, -0.25) is 4.79 Å². The third-order valence-electron chi connectivity index (χ3n) is 1.68. The number of aliphatic hydroxyl groups excluding tert-OH is 1. The molecule has 0 spiro atoms. The van der Waals surface area contributed by atoms with Crippen LogP contribution < -0.4 is 0 Å². The highest BCUT2D eigenvalue weighted by Crippen LogP contribution is 2.14. The highest BCUT2D eigenvalue weighted by Gasteiger charge is 2.16. The van der Waals surface area contributed by atoms with Gasteiger partial charge in [0.25, 0.3) is 0 Å². The van der Waals surface area contributed by atoms with Crippen LogP contribution >= 0.6 is 0 Å². The minimum atomic E-state index is -0.910. The van der Waals surface area contributed by atoms with Crippen LogP contribution in [0.25, 0.3) is 0 Å². The highest BCUT2D eigenvalue weighted by atomic mass is 16.5. The maximum absolute atomic E-state index is 10.8. The van der Waals surface area contributed by atoms with Crippen molar-refractivity contribution >= 4 is 5.97 Å². The molecule has 0 bridgehead atoms. The lowest BCUT2D eigenvalue weighted by Crippen LogP contribution is -2.11. The van der Waals surface area contributed by atoms with E-state index in [9.17, 15) is 9.90 Å². The molecule has 1 heterocycles. The first kappa shape index (κ1) is 9.66. The number of hydrogen-bond donors (Lipinski definition) is 1. The number of aryl methyl sites for hydroxylation is 1. The molecule has 0 aromatic carbocycles. The molecule has 1 atom stereocenters. The van der Waals surface area contributed by atoms with Gasteiger partial charge in [-0.2, -0.15) is 0 Å². The van der Waals surface area contributed by atoms with Gasteiger partial charge in [0.15, 0.2) is 0 Å². The van der Waals surface area contributed by atoms with Gasteiger partial charge >= 0.3 is 5.97 Å². The van der Waals surface area contributed by atoms with Gasteiger partial charge in [0.2, 0.25) is 0 Å². The molecule has 13 heavy (non-hydrogen) atoms. The van der Waals surface area contributed by atoms with Crippen LogP contribution in [0.5, 0.6) is 0 Å². The Morgan fingerprint density at radius 2 is 2.54 bits per heavy atom. The second kappa shape index (κ2) is 3.99. The normalized spacial score (nSPS) is 12.5. The first-order valence-electron chi connectivity index (χ1n) is 3.74. The van der Waals surface area contributed by atoms with Gasteiger partial charge < -0.3 is 9.84 Å². The van der Waals surface area contributed by atoms with Gasteiger partial charge in [0.1, 0.15) is 6.10 Å². The zero-order valence-corrected chi connectivity index (χ0v) is 7.47. The largest absolute Gasteiger partial charge is 0.469 e. The van der Waals surface area contributed by atoms with E-state index in [1.54, 1.807) is 7.05 Å². The number of ether oxygens (including phenoxy) is 1. The summed E-state index contributed by atoms with van der Waals surface area (Å²) in [5, 5.41) is 16.7. The Hall–Kier alpha value is -1.43. The third kappa shape index (κ3) is 2.25. The lowest BCUT2D eigenvalue weighted by molar-refractivity contribution is -0.143. The van der Waals surface area contributed by atoms with E-state index in [1.165, 1.54) is 18.0 Å². The number of methoxy groups -OCH3 is 1. The van der Waals surface area contributed by atoms with E-state index in [0.717, 1.165) is 0 Å². The zero-order valence-electron chi connectivity index (χ0n) is 7.47. The van der Waals surface area contributed by atoms with Crippen molar-refractivity contribution in [2.75, 3.05) is 7.11 Å². The number of esters is 1. The first-order chi connectivity index (χ1) is 6.15. The van der Waals surface area contributed by atoms with Gasteiger partial charge in [0.05, 0.1) is 25.4 Å². The Morgan fingerprint density at radius 1 is 1.85 bits per heavy atom. The number of carbonyl (C=O) groups excluding carboxylic acids is 1. The summed E-state index contributed by atoms with van der Waals surface area (Å²) in [6.45, 7) is 0. The number of carbonyl (C=O) groups is 1. The molecule has 0 radical (unpaired) electrons. The molecule has 0 aliphatic heterocycles. The summed E-state index contributed by atoms with van der Waals surface area (Å²) in [5.41, 5.74) is 0.491. The number of nitrogens with zero attached hydrogens (tertiary/aromatic N) is 3. The standard InChI is InChI=1S/C7H11N3O3/c1-10-5(4-8-9-10)6(11)3-7(12)13-2/h4,6,11H,3H2,1-2H3/t6-/m1/s1. The molecule has 0 saturated carbocycles. The second-order valence-corrected chi connectivity index (χ2v) is 2.58. The fourth-order valence-electron chi connectivity index (χ4n) is 0.945. The van der Waals surface area contributed by atoms with E-state index in [-0.39, 0.29) is 6.42 Å². The van der Waals surface area contributed by atoms with E-state index < -0.39 is 12.1 Å². The van der Waals surface area contributed by atoms with E-state index in [0.29, 0.717) is 5.69 Å². The minimum Gasteiger partial charge on any atom is -0.469 e. The minimum absolute atomic E-state index is 0.0856. The number of aromatic nitrogens is 3. The van der Waals surface area contributed by atoms with Crippen LogP contribution in [-0.4, -0.2) is 33.2 Å². The zero-order chi connectivity index (χ0) is 9.84. The molecule has 1 N–H and O–H groups in total. The Labute approximate surface area is 75.1 Å². The molecule has 0 amide bonds. The molecule has 6 heteroatoms. The van der Waals surface area contributed by atoms with Gasteiger partial charge in [-0.05, 0) is 0 Å². The molecule has 72 valence electrons. The molecule has 0 saturated heterocycles. The summed E-state index contributed by atoms with van der Waals surface area (Å²) in [6, 6.07) is 0. The highest BCUT2D eigenvalue weighted by molar-refractivity contribution is 5.69. The summed E-state index contributed by atoms with van der Waals surface area (Å²) in [5.74, 6) is -0.464. The van der Waals surface area contributed by atoms with Gasteiger partial charge in [-0.25, -0.2) is 4.68 Å². The summed E-state index contributed by atoms with van der Waals surface area (Å²) >= 11 is 0. The lowest BCUT2D eigenvalue weighted by atomic mass is 10.2. The quantitative estimate of drug-likeness (QED) is 0.637. The molecule has 6 nitrogen and oxygen atoms in total. The summed E-state index contributed by atoms with van der Waals surface area (Å²) in [7, 11) is 2.92. The molecule has 0 unspecified atom stereocenters. The Morgan fingerprint density at radius 3 is 3.00 bits per heavy atom. The Balaban J connectivity index is 2.63. The average molecular weight is 185 g/mol.